The lowest BCUT2D eigenvalue weighted by molar-refractivity contribution is 0.0421. The molecule has 0 heterocycles. The van der Waals surface area contributed by atoms with Crippen LogP contribution < -0.4 is 5.32 Å². The van der Waals surface area contributed by atoms with Crippen LogP contribution in [0.3, 0.4) is 0 Å². The minimum Gasteiger partial charge on any atom is -0.444 e. The van der Waals surface area contributed by atoms with Crippen LogP contribution in [0.4, 0.5) is 4.79 Å². The number of hydrogen-bond acceptors (Lipinski definition) is 3. The van der Waals surface area contributed by atoms with Crippen LogP contribution in [-0.2, 0) is 4.74 Å². The molecule has 0 aliphatic heterocycles. The molecule has 0 aromatic rings. The summed E-state index contributed by atoms with van der Waals surface area (Å²) in [5.41, 5.74) is -0.511. The van der Waals surface area contributed by atoms with Gasteiger partial charge in [0, 0.05) is 5.54 Å². The zero-order chi connectivity index (χ0) is 12.9. The monoisotopic (exact) mass is 259 g/mol. The number of hydrogen-bond donors (Lipinski definition) is 2. The standard InChI is InChI=1S/C13H25NO2S/c1-12(2,3)16-11(15)14-13(9-10-17)7-5-4-6-8-13/h17H,4-10H2,1-3H3,(H,14,15). The molecule has 1 aliphatic carbocycles. The number of amides is 1. The van der Waals surface area contributed by atoms with Crippen LogP contribution in [0.2, 0.25) is 0 Å². The van der Waals surface area contributed by atoms with Crippen LogP contribution >= 0.6 is 12.6 Å². The molecule has 1 N–H and O–H groups in total. The van der Waals surface area contributed by atoms with Crippen molar-refractivity contribution < 1.29 is 9.53 Å². The topological polar surface area (TPSA) is 38.3 Å². The molecule has 0 radical (unpaired) electrons. The number of alkyl carbamates (subject to hydrolysis) is 1. The van der Waals surface area contributed by atoms with Gasteiger partial charge in [-0.25, -0.2) is 4.79 Å². The van der Waals surface area contributed by atoms with Crippen molar-refractivity contribution in [3.63, 3.8) is 0 Å². The predicted molar refractivity (Wildman–Crippen MR) is 73.7 cm³/mol. The first-order valence-electron chi connectivity index (χ1n) is 6.49. The molecule has 1 amide bonds. The van der Waals surface area contributed by atoms with Crippen molar-refractivity contribution in [1.29, 1.82) is 0 Å². The van der Waals surface area contributed by atoms with Gasteiger partial charge >= 0.3 is 6.09 Å². The molecule has 0 bridgehead atoms. The number of rotatable bonds is 3. The number of thiol groups is 1. The highest BCUT2D eigenvalue weighted by Crippen LogP contribution is 2.31. The number of carbonyl (C=O) groups is 1. The first-order chi connectivity index (χ1) is 7.87. The molecule has 0 spiro atoms. The average molecular weight is 259 g/mol. The second kappa shape index (κ2) is 5.98. The summed E-state index contributed by atoms with van der Waals surface area (Å²) in [4.78, 5) is 11.8. The van der Waals surface area contributed by atoms with Crippen molar-refractivity contribution >= 4 is 18.7 Å². The lowest BCUT2D eigenvalue weighted by Gasteiger charge is -2.38. The van der Waals surface area contributed by atoms with Crippen molar-refractivity contribution in [3.05, 3.63) is 0 Å². The molecule has 0 aromatic heterocycles. The summed E-state index contributed by atoms with van der Waals surface area (Å²) in [5.74, 6) is 0.801. The van der Waals surface area contributed by atoms with Crippen LogP contribution in [0.1, 0.15) is 59.3 Å². The van der Waals surface area contributed by atoms with Gasteiger partial charge in [0.2, 0.25) is 0 Å². The van der Waals surface area contributed by atoms with Crippen LogP contribution in [0.15, 0.2) is 0 Å². The van der Waals surface area contributed by atoms with Crippen molar-refractivity contribution in [2.45, 2.75) is 70.4 Å². The molecule has 17 heavy (non-hydrogen) atoms. The average Bonchev–Trinajstić information content (AvgIpc) is 2.15. The lowest BCUT2D eigenvalue weighted by atomic mass is 9.80. The fourth-order valence-corrected chi connectivity index (χ4v) is 2.83. The van der Waals surface area contributed by atoms with E-state index in [-0.39, 0.29) is 11.6 Å². The summed E-state index contributed by atoms with van der Waals surface area (Å²) in [5, 5.41) is 3.08. The normalized spacial score (nSPS) is 19.8. The van der Waals surface area contributed by atoms with Crippen molar-refractivity contribution in [2.24, 2.45) is 0 Å². The molecular weight excluding hydrogens is 234 g/mol. The highest BCUT2D eigenvalue weighted by molar-refractivity contribution is 7.80. The molecule has 0 saturated heterocycles. The highest BCUT2D eigenvalue weighted by atomic mass is 32.1. The minimum absolute atomic E-state index is 0.0810. The van der Waals surface area contributed by atoms with Gasteiger partial charge in [-0.15, -0.1) is 0 Å². The fourth-order valence-electron chi connectivity index (χ4n) is 2.40. The maximum atomic E-state index is 11.8. The third-order valence-electron chi connectivity index (χ3n) is 3.17. The maximum Gasteiger partial charge on any atom is 0.408 e. The Morgan fingerprint density at radius 2 is 1.88 bits per heavy atom. The zero-order valence-electron chi connectivity index (χ0n) is 11.2. The van der Waals surface area contributed by atoms with E-state index in [4.69, 9.17) is 4.74 Å². The Labute approximate surface area is 110 Å². The van der Waals surface area contributed by atoms with Gasteiger partial charge in [0.1, 0.15) is 5.60 Å². The maximum absolute atomic E-state index is 11.8. The van der Waals surface area contributed by atoms with Gasteiger partial charge in [-0.3, -0.25) is 0 Å². The van der Waals surface area contributed by atoms with E-state index in [0.29, 0.717) is 0 Å². The summed E-state index contributed by atoms with van der Waals surface area (Å²) < 4.78 is 5.34. The fraction of sp³-hybridized carbons (Fsp3) is 0.923. The van der Waals surface area contributed by atoms with E-state index < -0.39 is 5.60 Å². The molecule has 100 valence electrons. The molecule has 1 saturated carbocycles. The van der Waals surface area contributed by atoms with Gasteiger partial charge in [0.25, 0.3) is 0 Å². The Hall–Kier alpha value is -0.380. The third-order valence-corrected chi connectivity index (χ3v) is 3.39. The molecule has 1 rings (SSSR count). The number of nitrogens with one attached hydrogen (secondary N) is 1. The highest BCUT2D eigenvalue weighted by Gasteiger charge is 2.34. The van der Waals surface area contributed by atoms with Crippen molar-refractivity contribution in [1.82, 2.24) is 5.32 Å². The molecule has 0 atom stereocenters. The Bertz CT molecular complexity index is 249. The van der Waals surface area contributed by atoms with E-state index in [0.717, 1.165) is 25.0 Å². The first-order valence-corrected chi connectivity index (χ1v) is 7.12. The van der Waals surface area contributed by atoms with Crippen LogP contribution in [0.5, 0.6) is 0 Å². The van der Waals surface area contributed by atoms with Gasteiger partial charge in [0.05, 0.1) is 0 Å². The zero-order valence-corrected chi connectivity index (χ0v) is 12.1. The lowest BCUT2D eigenvalue weighted by Crippen LogP contribution is -2.51. The van der Waals surface area contributed by atoms with E-state index >= 15 is 0 Å². The van der Waals surface area contributed by atoms with Crippen LogP contribution in [0.25, 0.3) is 0 Å². The van der Waals surface area contributed by atoms with Gasteiger partial charge in [-0.05, 0) is 45.8 Å². The van der Waals surface area contributed by atoms with E-state index in [1.165, 1.54) is 19.3 Å². The van der Waals surface area contributed by atoms with Gasteiger partial charge in [-0.2, -0.15) is 12.6 Å². The van der Waals surface area contributed by atoms with E-state index in [1.54, 1.807) is 0 Å². The second-order valence-electron chi connectivity index (χ2n) is 5.94. The Kier molecular flexibility index (Phi) is 5.17. The van der Waals surface area contributed by atoms with Gasteiger partial charge in [0.15, 0.2) is 0 Å². The van der Waals surface area contributed by atoms with Gasteiger partial charge < -0.3 is 10.1 Å². The molecule has 1 fully saturated rings. The molecule has 0 aromatic carbocycles. The number of carbonyl (C=O) groups excluding carboxylic acids is 1. The molecule has 0 unspecified atom stereocenters. The van der Waals surface area contributed by atoms with Gasteiger partial charge in [-0.1, -0.05) is 19.3 Å². The third kappa shape index (κ3) is 5.19. The summed E-state index contributed by atoms with van der Waals surface area (Å²) in [7, 11) is 0. The quantitative estimate of drug-likeness (QED) is 0.761. The molecule has 1 aliphatic rings. The summed E-state index contributed by atoms with van der Waals surface area (Å²) in [6.45, 7) is 5.66. The SMILES string of the molecule is CC(C)(C)OC(=O)NC1(CCS)CCCCC1. The smallest absolute Gasteiger partial charge is 0.408 e. The Morgan fingerprint density at radius 3 is 2.35 bits per heavy atom. The molecule has 3 nitrogen and oxygen atoms in total. The Morgan fingerprint density at radius 1 is 1.29 bits per heavy atom. The molecular formula is C13H25NO2S. The minimum atomic E-state index is -0.430. The summed E-state index contributed by atoms with van der Waals surface area (Å²) in [6.07, 6.45) is 6.37. The van der Waals surface area contributed by atoms with Crippen LogP contribution in [0, 0.1) is 0 Å². The summed E-state index contributed by atoms with van der Waals surface area (Å²) >= 11 is 4.30. The van der Waals surface area contributed by atoms with E-state index in [9.17, 15) is 4.79 Å². The van der Waals surface area contributed by atoms with Crippen molar-refractivity contribution in [2.75, 3.05) is 5.75 Å². The second-order valence-corrected chi connectivity index (χ2v) is 6.39. The largest absolute Gasteiger partial charge is 0.444 e. The van der Waals surface area contributed by atoms with E-state index in [1.807, 2.05) is 20.8 Å². The number of ether oxygens (including phenoxy) is 1. The van der Waals surface area contributed by atoms with Crippen LogP contribution in [-0.4, -0.2) is 23.0 Å². The van der Waals surface area contributed by atoms with Crippen molar-refractivity contribution in [3.8, 4) is 0 Å². The summed E-state index contributed by atoms with van der Waals surface area (Å²) in [6, 6.07) is 0. The molecule has 4 heteroatoms. The predicted octanol–water partition coefficient (Wildman–Crippen LogP) is 3.53. The Balaban J connectivity index is 2.57. The first kappa shape index (κ1) is 14.7. The van der Waals surface area contributed by atoms with E-state index in [2.05, 4.69) is 17.9 Å².